The average Bonchev–Trinajstić information content (AvgIpc) is 3.17. The summed E-state index contributed by atoms with van der Waals surface area (Å²) in [5.41, 5.74) is 0. The number of esters is 3. The summed E-state index contributed by atoms with van der Waals surface area (Å²) in [5.74, 6) is -0.0461. The van der Waals surface area contributed by atoms with E-state index in [4.69, 9.17) is 14.2 Å². The predicted octanol–water partition coefficient (Wildman–Crippen LogP) is 15.5. The Morgan fingerprint density at radius 3 is 0.891 bits per heavy atom. The molecular formula is C49H94O6. The highest BCUT2D eigenvalue weighted by atomic mass is 16.6. The van der Waals surface area contributed by atoms with Gasteiger partial charge < -0.3 is 14.2 Å². The van der Waals surface area contributed by atoms with E-state index in [0.29, 0.717) is 19.3 Å². The highest BCUT2D eigenvalue weighted by Crippen LogP contribution is 2.17. The Morgan fingerprint density at radius 1 is 0.345 bits per heavy atom. The molecule has 0 bridgehead atoms. The molecule has 0 aliphatic carbocycles. The van der Waals surface area contributed by atoms with Crippen LogP contribution in [-0.4, -0.2) is 37.2 Å². The van der Waals surface area contributed by atoms with Crippen LogP contribution in [0.3, 0.4) is 0 Å². The molecule has 0 saturated heterocycles. The summed E-state index contributed by atoms with van der Waals surface area (Å²) in [4.78, 5) is 37.5. The first-order chi connectivity index (χ1) is 26.9. The fourth-order valence-electron chi connectivity index (χ4n) is 7.33. The van der Waals surface area contributed by atoms with Crippen LogP contribution in [0.25, 0.3) is 0 Å². The summed E-state index contributed by atoms with van der Waals surface area (Å²) in [6.45, 7) is 8.92. The van der Waals surface area contributed by atoms with Gasteiger partial charge in [0.1, 0.15) is 13.2 Å². The maximum absolute atomic E-state index is 12.7. The smallest absolute Gasteiger partial charge is 0.306 e. The average molecular weight is 779 g/mol. The minimum Gasteiger partial charge on any atom is -0.462 e. The first-order valence-corrected chi connectivity index (χ1v) is 24.4. The lowest BCUT2D eigenvalue weighted by Gasteiger charge is -2.18. The fraction of sp³-hybridized carbons (Fsp3) is 0.939. The quantitative estimate of drug-likeness (QED) is 0.0348. The molecule has 1 atom stereocenters. The SMILES string of the molecule is CCCCCCCCCCCCCCCCCCCCCC(=O)O[C@@H](COC(=O)CCCCCCC)COC(=O)CCCCCCCCCCCCC(C)C. The number of carbonyl (C=O) groups is 3. The normalized spacial score (nSPS) is 11.9. The van der Waals surface area contributed by atoms with E-state index in [2.05, 4.69) is 27.7 Å². The molecule has 0 spiro atoms. The van der Waals surface area contributed by atoms with Crippen LogP contribution >= 0.6 is 0 Å². The molecule has 0 unspecified atom stereocenters. The van der Waals surface area contributed by atoms with E-state index >= 15 is 0 Å². The van der Waals surface area contributed by atoms with Crippen molar-refractivity contribution >= 4 is 17.9 Å². The lowest BCUT2D eigenvalue weighted by Crippen LogP contribution is -2.30. The molecule has 0 heterocycles. The summed E-state index contributed by atoms with van der Waals surface area (Å²) in [6, 6.07) is 0. The molecule has 0 N–H and O–H groups in total. The molecule has 0 saturated carbocycles. The molecule has 0 radical (unpaired) electrons. The van der Waals surface area contributed by atoms with Crippen LogP contribution in [0.2, 0.25) is 0 Å². The van der Waals surface area contributed by atoms with Gasteiger partial charge in [0.15, 0.2) is 6.10 Å². The number of unbranched alkanes of at least 4 members (excludes halogenated alkanes) is 31. The molecular weight excluding hydrogens is 685 g/mol. The monoisotopic (exact) mass is 779 g/mol. The van der Waals surface area contributed by atoms with Crippen molar-refractivity contribution in [1.82, 2.24) is 0 Å². The standard InChI is InChI=1S/C49H94O6/c1-5-7-9-11-12-13-14-15-16-17-18-19-20-21-22-27-30-34-38-42-49(52)55-46(43-53-47(50)40-36-31-10-8-6-2)44-54-48(51)41-37-33-29-26-24-23-25-28-32-35-39-45(3)4/h45-46H,5-44H2,1-4H3/t46-/m0/s1. The summed E-state index contributed by atoms with van der Waals surface area (Å²) < 4.78 is 16.6. The van der Waals surface area contributed by atoms with Crippen LogP contribution in [0, 0.1) is 5.92 Å². The van der Waals surface area contributed by atoms with Gasteiger partial charge in [0.25, 0.3) is 0 Å². The number of carbonyl (C=O) groups excluding carboxylic acids is 3. The predicted molar refractivity (Wildman–Crippen MR) is 233 cm³/mol. The van der Waals surface area contributed by atoms with Crippen molar-refractivity contribution in [2.45, 2.75) is 278 Å². The van der Waals surface area contributed by atoms with Crippen molar-refractivity contribution in [1.29, 1.82) is 0 Å². The number of ether oxygens (including phenoxy) is 3. The zero-order valence-electron chi connectivity index (χ0n) is 37.4. The van der Waals surface area contributed by atoms with E-state index in [1.54, 1.807) is 0 Å². The van der Waals surface area contributed by atoms with Gasteiger partial charge in [-0.2, -0.15) is 0 Å². The highest BCUT2D eigenvalue weighted by molar-refractivity contribution is 5.71. The van der Waals surface area contributed by atoms with Gasteiger partial charge in [-0.1, -0.05) is 233 Å². The molecule has 0 aliphatic heterocycles. The molecule has 0 rings (SSSR count). The Labute approximate surface area is 342 Å². The Bertz CT molecular complexity index is 826. The van der Waals surface area contributed by atoms with E-state index < -0.39 is 6.10 Å². The second-order valence-electron chi connectivity index (χ2n) is 17.2. The third-order valence-electron chi connectivity index (χ3n) is 11.0. The van der Waals surface area contributed by atoms with Crippen LogP contribution in [0.4, 0.5) is 0 Å². The first kappa shape index (κ1) is 53.4. The van der Waals surface area contributed by atoms with Gasteiger partial charge in [0.05, 0.1) is 0 Å². The molecule has 6 nitrogen and oxygen atoms in total. The van der Waals surface area contributed by atoms with E-state index in [-0.39, 0.29) is 31.1 Å². The summed E-state index contributed by atoms with van der Waals surface area (Å²) in [6.07, 6.45) is 44.1. The third kappa shape index (κ3) is 43.4. The molecule has 0 aromatic carbocycles. The van der Waals surface area contributed by atoms with Crippen molar-refractivity contribution in [3.8, 4) is 0 Å². The molecule has 0 aliphatic rings. The van der Waals surface area contributed by atoms with Gasteiger partial charge in [-0.25, -0.2) is 0 Å². The number of hydrogen-bond donors (Lipinski definition) is 0. The van der Waals surface area contributed by atoms with Crippen molar-refractivity contribution in [2.24, 2.45) is 5.92 Å². The van der Waals surface area contributed by atoms with Gasteiger partial charge in [-0.3, -0.25) is 14.4 Å². The van der Waals surface area contributed by atoms with Crippen molar-refractivity contribution in [3.05, 3.63) is 0 Å². The van der Waals surface area contributed by atoms with Crippen molar-refractivity contribution in [3.63, 3.8) is 0 Å². The van der Waals surface area contributed by atoms with Crippen molar-refractivity contribution in [2.75, 3.05) is 13.2 Å². The largest absolute Gasteiger partial charge is 0.462 e. The minimum atomic E-state index is -0.758. The van der Waals surface area contributed by atoms with Gasteiger partial charge in [0.2, 0.25) is 0 Å². The molecule has 6 heteroatoms. The molecule has 0 aromatic heterocycles. The molecule has 0 amide bonds. The van der Waals surface area contributed by atoms with Crippen LogP contribution in [-0.2, 0) is 28.6 Å². The van der Waals surface area contributed by atoms with Gasteiger partial charge in [-0.05, 0) is 25.2 Å². The third-order valence-corrected chi connectivity index (χ3v) is 11.0. The zero-order valence-corrected chi connectivity index (χ0v) is 37.4. The fourth-order valence-corrected chi connectivity index (χ4v) is 7.33. The second kappa shape index (κ2) is 43.5. The van der Waals surface area contributed by atoms with E-state index in [9.17, 15) is 14.4 Å². The molecule has 0 aromatic rings. The van der Waals surface area contributed by atoms with Crippen LogP contribution in [0.5, 0.6) is 0 Å². The van der Waals surface area contributed by atoms with Gasteiger partial charge >= 0.3 is 17.9 Å². The van der Waals surface area contributed by atoms with Crippen molar-refractivity contribution < 1.29 is 28.6 Å². The van der Waals surface area contributed by atoms with Crippen LogP contribution < -0.4 is 0 Å². The number of rotatable bonds is 44. The van der Waals surface area contributed by atoms with Crippen LogP contribution in [0.1, 0.15) is 272 Å². The lowest BCUT2D eigenvalue weighted by molar-refractivity contribution is -0.167. The lowest BCUT2D eigenvalue weighted by atomic mass is 10.0. The molecule has 0 fully saturated rings. The Morgan fingerprint density at radius 2 is 0.600 bits per heavy atom. The van der Waals surface area contributed by atoms with Crippen LogP contribution in [0.15, 0.2) is 0 Å². The maximum atomic E-state index is 12.7. The summed E-state index contributed by atoms with van der Waals surface area (Å²) in [5, 5.41) is 0. The Balaban J connectivity index is 4.12. The minimum absolute atomic E-state index is 0.0648. The highest BCUT2D eigenvalue weighted by Gasteiger charge is 2.19. The molecule has 55 heavy (non-hydrogen) atoms. The van der Waals surface area contributed by atoms with E-state index in [0.717, 1.165) is 70.1 Å². The summed E-state index contributed by atoms with van der Waals surface area (Å²) in [7, 11) is 0. The van der Waals surface area contributed by atoms with Gasteiger partial charge in [0, 0.05) is 19.3 Å². The first-order valence-electron chi connectivity index (χ1n) is 24.4. The maximum Gasteiger partial charge on any atom is 0.306 e. The zero-order chi connectivity index (χ0) is 40.3. The topological polar surface area (TPSA) is 78.9 Å². The Kier molecular flexibility index (Phi) is 42.3. The van der Waals surface area contributed by atoms with E-state index in [1.807, 2.05) is 0 Å². The second-order valence-corrected chi connectivity index (χ2v) is 17.2. The van der Waals surface area contributed by atoms with E-state index in [1.165, 1.54) is 161 Å². The van der Waals surface area contributed by atoms with Gasteiger partial charge in [-0.15, -0.1) is 0 Å². The summed E-state index contributed by atoms with van der Waals surface area (Å²) >= 11 is 0. The number of hydrogen-bond acceptors (Lipinski definition) is 6. The molecule has 326 valence electrons. The Hall–Kier alpha value is -1.59.